The second-order valence-corrected chi connectivity index (χ2v) is 14.4. The van der Waals surface area contributed by atoms with Crippen LogP contribution >= 0.6 is 22.7 Å². The summed E-state index contributed by atoms with van der Waals surface area (Å²) < 4.78 is 5.15. The van der Waals surface area contributed by atoms with E-state index in [1.165, 1.54) is 51.1 Å². The fraction of sp³-hybridized carbons (Fsp3) is 0.0476. The third-order valence-corrected chi connectivity index (χ3v) is 11.8. The number of nitrogens with zero attached hydrogens (tertiary/aromatic N) is 6. The van der Waals surface area contributed by atoms with Gasteiger partial charge in [-0.2, -0.15) is 0 Å². The van der Waals surface area contributed by atoms with Crippen molar-refractivity contribution in [3.63, 3.8) is 0 Å². The summed E-state index contributed by atoms with van der Waals surface area (Å²) in [5, 5.41) is 7.75. The smallest absolute Gasteiger partial charge is 0.137 e. The molecule has 6 heterocycles. The monoisotopic (exact) mass is 680 g/mol. The molecule has 0 unspecified atom stereocenters. The van der Waals surface area contributed by atoms with Crippen LogP contribution in [0.5, 0.6) is 0 Å². The third kappa shape index (κ3) is 4.68. The first-order chi connectivity index (χ1) is 24.8. The highest BCUT2D eigenvalue weighted by Crippen LogP contribution is 2.50. The quantitative estimate of drug-likeness (QED) is 0.175. The highest BCUT2D eigenvalue weighted by atomic mass is 32.1. The van der Waals surface area contributed by atoms with Gasteiger partial charge in [-0.1, -0.05) is 48.5 Å². The average molecular weight is 681 g/mol. The molecule has 1 aliphatic heterocycles. The van der Waals surface area contributed by atoms with Gasteiger partial charge >= 0.3 is 0 Å². The van der Waals surface area contributed by atoms with E-state index in [1.54, 1.807) is 6.20 Å². The van der Waals surface area contributed by atoms with Crippen LogP contribution < -0.4 is 9.80 Å². The number of anilines is 5. The molecule has 0 saturated carbocycles. The Bertz CT molecular complexity index is 2730. The molecule has 0 aliphatic carbocycles. The van der Waals surface area contributed by atoms with E-state index >= 15 is 0 Å². The molecule has 1 aliphatic rings. The lowest BCUT2D eigenvalue weighted by atomic mass is 9.99. The normalized spacial score (nSPS) is 13.1. The van der Waals surface area contributed by atoms with Crippen molar-refractivity contribution in [2.24, 2.45) is 4.99 Å². The molecule has 238 valence electrons. The van der Waals surface area contributed by atoms with Crippen LogP contribution in [0.15, 0.2) is 151 Å². The SMILES string of the molecule is C1=NC=C(N(c2ccc3c(c2)sc2c4sc5cc(N(c6cccnc6)c6ccccn6)ccc5c4c4ccccc4c32)c2ccccn2)CC1. The number of thiophene rings is 2. The molecule has 0 saturated heterocycles. The Balaban J connectivity index is 1.20. The lowest BCUT2D eigenvalue weighted by molar-refractivity contribution is 0.929. The van der Waals surface area contributed by atoms with Gasteiger partial charge in [0, 0.05) is 79.0 Å². The van der Waals surface area contributed by atoms with Crippen molar-refractivity contribution in [1.29, 1.82) is 0 Å². The maximum Gasteiger partial charge on any atom is 0.137 e. The first-order valence-corrected chi connectivity index (χ1v) is 18.2. The number of aromatic nitrogens is 3. The van der Waals surface area contributed by atoms with Crippen molar-refractivity contribution in [1.82, 2.24) is 15.0 Å². The molecule has 0 radical (unpaired) electrons. The Kier molecular flexibility index (Phi) is 6.89. The number of hydrogen-bond donors (Lipinski definition) is 0. The second kappa shape index (κ2) is 11.9. The van der Waals surface area contributed by atoms with E-state index in [1.807, 2.05) is 90.1 Å². The minimum absolute atomic E-state index is 0.852. The van der Waals surface area contributed by atoms with Gasteiger partial charge in [-0.15, -0.1) is 22.7 Å². The molecule has 4 aromatic carbocycles. The maximum atomic E-state index is 4.75. The Morgan fingerprint density at radius 1 is 0.540 bits per heavy atom. The zero-order valence-electron chi connectivity index (χ0n) is 26.8. The molecule has 0 atom stereocenters. The molecule has 0 N–H and O–H groups in total. The zero-order chi connectivity index (χ0) is 33.0. The number of hydrogen-bond acceptors (Lipinski definition) is 8. The molecule has 50 heavy (non-hydrogen) atoms. The third-order valence-electron chi connectivity index (χ3n) is 9.34. The van der Waals surface area contributed by atoms with Gasteiger partial charge in [-0.3, -0.25) is 19.8 Å². The van der Waals surface area contributed by atoms with Crippen molar-refractivity contribution < 1.29 is 0 Å². The number of fused-ring (bicyclic) bond motifs is 10. The van der Waals surface area contributed by atoms with Gasteiger partial charge in [-0.05, 0) is 84.3 Å². The number of aliphatic imine (C=N–C) groups is 1. The second-order valence-electron chi connectivity index (χ2n) is 12.3. The van der Waals surface area contributed by atoms with Crippen LogP contribution in [0, 0.1) is 0 Å². The van der Waals surface area contributed by atoms with Crippen LogP contribution in [-0.2, 0) is 0 Å². The van der Waals surface area contributed by atoms with Crippen molar-refractivity contribution in [3.05, 3.63) is 146 Å². The van der Waals surface area contributed by atoms with Crippen LogP contribution in [0.2, 0.25) is 0 Å². The van der Waals surface area contributed by atoms with Crippen molar-refractivity contribution in [3.8, 4) is 0 Å². The van der Waals surface area contributed by atoms with Crippen molar-refractivity contribution in [2.45, 2.75) is 12.8 Å². The molecule has 0 amide bonds. The van der Waals surface area contributed by atoms with Crippen LogP contribution in [0.4, 0.5) is 28.7 Å². The predicted octanol–water partition coefficient (Wildman–Crippen LogP) is 12.1. The van der Waals surface area contributed by atoms with Crippen LogP contribution in [-0.4, -0.2) is 21.2 Å². The molecule has 0 bridgehead atoms. The summed E-state index contributed by atoms with van der Waals surface area (Å²) in [6.07, 6.45) is 13.2. The molecule has 6 nitrogen and oxygen atoms in total. The summed E-state index contributed by atoms with van der Waals surface area (Å²) in [6, 6.07) is 38.7. The Morgan fingerprint density at radius 2 is 1.16 bits per heavy atom. The summed E-state index contributed by atoms with van der Waals surface area (Å²) in [7, 11) is 0. The fourth-order valence-electron chi connectivity index (χ4n) is 7.20. The Hall–Kier alpha value is -5.96. The summed E-state index contributed by atoms with van der Waals surface area (Å²) in [5.74, 6) is 1.75. The van der Waals surface area contributed by atoms with E-state index in [-0.39, 0.29) is 0 Å². The predicted molar refractivity (Wildman–Crippen MR) is 212 cm³/mol. The van der Waals surface area contributed by atoms with Gasteiger partial charge in [0.1, 0.15) is 11.6 Å². The van der Waals surface area contributed by atoms with Crippen LogP contribution in [0.25, 0.3) is 51.1 Å². The molecule has 5 aromatic heterocycles. The van der Waals surface area contributed by atoms with Gasteiger partial charge in [0.15, 0.2) is 0 Å². The molecular formula is C42H28N6S2. The molecular weight excluding hydrogens is 653 g/mol. The van der Waals surface area contributed by atoms with E-state index in [2.05, 4.69) is 92.6 Å². The summed E-state index contributed by atoms with van der Waals surface area (Å²) >= 11 is 3.76. The highest BCUT2D eigenvalue weighted by molar-refractivity contribution is 7.33. The number of allylic oxidation sites excluding steroid dienone is 1. The minimum atomic E-state index is 0.852. The zero-order valence-corrected chi connectivity index (χ0v) is 28.4. The lowest BCUT2D eigenvalue weighted by Crippen LogP contribution is -2.18. The topological polar surface area (TPSA) is 57.5 Å². The van der Waals surface area contributed by atoms with Gasteiger partial charge in [0.05, 0.1) is 21.3 Å². The summed E-state index contributed by atoms with van der Waals surface area (Å²) in [6.45, 7) is 0. The van der Waals surface area contributed by atoms with Gasteiger partial charge < -0.3 is 0 Å². The lowest BCUT2D eigenvalue weighted by Gasteiger charge is -2.27. The van der Waals surface area contributed by atoms with Crippen molar-refractivity contribution in [2.75, 3.05) is 9.80 Å². The molecule has 8 heteroatoms. The number of pyridine rings is 3. The molecule has 0 spiro atoms. The van der Waals surface area contributed by atoms with E-state index in [9.17, 15) is 0 Å². The summed E-state index contributed by atoms with van der Waals surface area (Å²) in [5.41, 5.74) is 4.26. The summed E-state index contributed by atoms with van der Waals surface area (Å²) in [4.78, 5) is 22.8. The highest BCUT2D eigenvalue weighted by Gasteiger charge is 2.22. The maximum absolute atomic E-state index is 4.75. The first-order valence-electron chi connectivity index (χ1n) is 16.6. The van der Waals surface area contributed by atoms with Gasteiger partial charge in [-0.25, -0.2) is 9.97 Å². The largest absolute Gasteiger partial charge is 0.297 e. The van der Waals surface area contributed by atoms with Gasteiger partial charge in [0.2, 0.25) is 0 Å². The van der Waals surface area contributed by atoms with Crippen molar-refractivity contribution >= 4 is 109 Å². The Labute approximate surface area is 295 Å². The average Bonchev–Trinajstić information content (AvgIpc) is 3.76. The standard InChI is InChI=1S/C42H28N6S2/c1-2-12-32-31(11-1)39-33-17-15-27(47(29-9-7-19-43-25-29)37-13-3-5-21-45-37)23-35(33)49-41(39)42-40(32)34-18-16-28(24-36(34)50-42)48(30-10-8-20-44-26-30)38-14-4-6-22-46-38/h1-7,9,11-26H,8,10H2. The Morgan fingerprint density at radius 3 is 1.72 bits per heavy atom. The van der Waals surface area contributed by atoms with E-state index in [0.717, 1.165) is 47.2 Å². The molecule has 10 rings (SSSR count). The number of rotatable bonds is 6. The van der Waals surface area contributed by atoms with Crippen LogP contribution in [0.1, 0.15) is 12.8 Å². The van der Waals surface area contributed by atoms with Gasteiger partial charge in [0.25, 0.3) is 0 Å². The van der Waals surface area contributed by atoms with E-state index in [0.29, 0.717) is 0 Å². The number of benzene rings is 4. The van der Waals surface area contributed by atoms with E-state index < -0.39 is 0 Å². The molecule has 9 aromatic rings. The first kappa shape index (κ1) is 29.0. The fourth-order valence-corrected chi connectivity index (χ4v) is 9.84. The molecule has 0 fully saturated rings. The van der Waals surface area contributed by atoms with E-state index in [4.69, 9.17) is 9.97 Å². The minimum Gasteiger partial charge on any atom is -0.297 e. The van der Waals surface area contributed by atoms with Crippen LogP contribution in [0.3, 0.4) is 0 Å².